The zero-order valence-electron chi connectivity index (χ0n) is 9.07. The number of hydrogen-bond acceptors (Lipinski definition) is 2. The number of aromatic nitrogens is 1. The lowest BCUT2D eigenvalue weighted by Crippen LogP contribution is -2.22. The molecule has 1 aromatic carbocycles. The molecule has 3 nitrogen and oxygen atoms in total. The Morgan fingerprint density at radius 3 is 2.62 bits per heavy atom. The number of pyridine rings is 1. The molecule has 0 N–H and O–H groups in total. The predicted molar refractivity (Wildman–Crippen MR) is 64.8 cm³/mol. The van der Waals surface area contributed by atoms with E-state index in [1.807, 2.05) is 12.1 Å². The van der Waals surface area contributed by atoms with Crippen molar-refractivity contribution >= 4 is 28.4 Å². The molecule has 0 bridgehead atoms. The van der Waals surface area contributed by atoms with E-state index in [-0.39, 0.29) is 5.91 Å². The fraction of sp³-hybridized carbons (Fsp3) is 0.167. The van der Waals surface area contributed by atoms with Crippen LogP contribution in [0.4, 0.5) is 0 Å². The Balaban J connectivity index is 2.55. The van der Waals surface area contributed by atoms with E-state index in [2.05, 4.69) is 4.98 Å². The number of benzene rings is 1. The zero-order valence-corrected chi connectivity index (χ0v) is 9.82. The molecule has 0 saturated heterocycles. The van der Waals surface area contributed by atoms with E-state index in [4.69, 9.17) is 11.6 Å². The van der Waals surface area contributed by atoms with Gasteiger partial charge in [-0.25, -0.2) is 4.98 Å². The predicted octanol–water partition coefficient (Wildman–Crippen LogP) is 2.59. The number of nitrogens with zero attached hydrogens (tertiary/aromatic N) is 2. The van der Waals surface area contributed by atoms with Crippen LogP contribution in [0.1, 0.15) is 10.5 Å². The van der Waals surface area contributed by atoms with Gasteiger partial charge in [-0.1, -0.05) is 23.7 Å². The van der Waals surface area contributed by atoms with Gasteiger partial charge in [0.25, 0.3) is 5.91 Å². The number of hydrogen-bond donors (Lipinski definition) is 0. The highest BCUT2D eigenvalue weighted by Gasteiger charge is 2.09. The van der Waals surface area contributed by atoms with Gasteiger partial charge in [0.2, 0.25) is 0 Å². The van der Waals surface area contributed by atoms with Gasteiger partial charge in [-0.15, -0.1) is 0 Å². The number of carbonyl (C=O) groups is 1. The number of amides is 1. The van der Waals surface area contributed by atoms with Crippen LogP contribution in [0.25, 0.3) is 10.9 Å². The lowest BCUT2D eigenvalue weighted by molar-refractivity contribution is 0.0822. The first kappa shape index (κ1) is 10.9. The highest BCUT2D eigenvalue weighted by molar-refractivity contribution is 6.31. The quantitative estimate of drug-likeness (QED) is 0.760. The highest BCUT2D eigenvalue weighted by Crippen LogP contribution is 2.18. The number of rotatable bonds is 1. The molecule has 0 aliphatic carbocycles. The molecule has 0 aliphatic rings. The SMILES string of the molecule is CN(C)C(=O)c1ccc2ccc(Cl)cc2n1. The van der Waals surface area contributed by atoms with E-state index >= 15 is 0 Å². The Kier molecular flexibility index (Phi) is 2.79. The van der Waals surface area contributed by atoms with Crippen molar-refractivity contribution < 1.29 is 4.79 Å². The second-order valence-corrected chi connectivity index (χ2v) is 4.17. The van der Waals surface area contributed by atoms with E-state index in [9.17, 15) is 4.79 Å². The Hall–Kier alpha value is -1.61. The van der Waals surface area contributed by atoms with Crippen molar-refractivity contribution in [3.8, 4) is 0 Å². The first-order chi connectivity index (χ1) is 7.58. The van der Waals surface area contributed by atoms with Gasteiger partial charge >= 0.3 is 0 Å². The molecular weight excluding hydrogens is 224 g/mol. The summed E-state index contributed by atoms with van der Waals surface area (Å²) >= 11 is 5.88. The fourth-order valence-electron chi connectivity index (χ4n) is 1.44. The number of halogens is 1. The summed E-state index contributed by atoms with van der Waals surface area (Å²) in [5.41, 5.74) is 1.17. The number of fused-ring (bicyclic) bond motifs is 1. The van der Waals surface area contributed by atoms with Crippen molar-refractivity contribution in [1.29, 1.82) is 0 Å². The molecule has 0 spiro atoms. The largest absolute Gasteiger partial charge is 0.343 e. The average molecular weight is 235 g/mol. The van der Waals surface area contributed by atoms with Crippen LogP contribution in [-0.4, -0.2) is 29.9 Å². The number of carbonyl (C=O) groups excluding carboxylic acids is 1. The molecule has 1 heterocycles. The van der Waals surface area contributed by atoms with Gasteiger partial charge in [0.15, 0.2) is 0 Å². The molecule has 0 atom stereocenters. The van der Waals surface area contributed by atoms with Gasteiger partial charge in [-0.3, -0.25) is 4.79 Å². The molecule has 0 fully saturated rings. The van der Waals surface area contributed by atoms with Crippen molar-refractivity contribution in [3.63, 3.8) is 0 Å². The van der Waals surface area contributed by atoms with Gasteiger partial charge < -0.3 is 4.90 Å². The normalized spacial score (nSPS) is 10.4. The van der Waals surface area contributed by atoms with Crippen LogP contribution in [0, 0.1) is 0 Å². The van der Waals surface area contributed by atoms with Crippen LogP contribution < -0.4 is 0 Å². The minimum atomic E-state index is -0.109. The molecule has 0 aliphatic heterocycles. The Labute approximate surface area is 98.7 Å². The van der Waals surface area contributed by atoms with Crippen molar-refractivity contribution in [1.82, 2.24) is 9.88 Å². The summed E-state index contributed by atoms with van der Waals surface area (Å²) in [5.74, 6) is -0.109. The minimum absolute atomic E-state index is 0.109. The van der Waals surface area contributed by atoms with Crippen molar-refractivity contribution in [3.05, 3.63) is 41.0 Å². The first-order valence-corrected chi connectivity index (χ1v) is 5.24. The lowest BCUT2D eigenvalue weighted by Gasteiger charge is -2.09. The Bertz CT molecular complexity index is 552. The molecular formula is C12H11ClN2O. The topological polar surface area (TPSA) is 33.2 Å². The van der Waals surface area contributed by atoms with E-state index in [1.54, 1.807) is 32.3 Å². The minimum Gasteiger partial charge on any atom is -0.343 e. The molecule has 0 unspecified atom stereocenters. The summed E-state index contributed by atoms with van der Waals surface area (Å²) in [6.45, 7) is 0. The van der Waals surface area contributed by atoms with Crippen LogP contribution in [0.15, 0.2) is 30.3 Å². The monoisotopic (exact) mass is 234 g/mol. The summed E-state index contributed by atoms with van der Waals surface area (Å²) in [7, 11) is 3.40. The van der Waals surface area contributed by atoms with Crippen LogP contribution in [0.2, 0.25) is 5.02 Å². The highest BCUT2D eigenvalue weighted by atomic mass is 35.5. The maximum Gasteiger partial charge on any atom is 0.271 e. The van der Waals surface area contributed by atoms with Gasteiger partial charge in [0, 0.05) is 24.5 Å². The zero-order chi connectivity index (χ0) is 11.7. The molecule has 0 saturated carbocycles. The third kappa shape index (κ3) is 1.99. The average Bonchev–Trinajstić information content (AvgIpc) is 2.26. The van der Waals surface area contributed by atoms with Crippen molar-refractivity contribution in [2.24, 2.45) is 0 Å². The van der Waals surface area contributed by atoms with Crippen molar-refractivity contribution in [2.75, 3.05) is 14.1 Å². The molecule has 1 aromatic heterocycles. The lowest BCUT2D eigenvalue weighted by atomic mass is 10.2. The first-order valence-electron chi connectivity index (χ1n) is 4.86. The molecule has 82 valence electrons. The summed E-state index contributed by atoms with van der Waals surface area (Å²) in [6.07, 6.45) is 0. The summed E-state index contributed by atoms with van der Waals surface area (Å²) in [4.78, 5) is 17.5. The maximum absolute atomic E-state index is 11.7. The van der Waals surface area contributed by atoms with E-state index in [0.29, 0.717) is 10.7 Å². The van der Waals surface area contributed by atoms with Gasteiger partial charge in [-0.05, 0) is 18.2 Å². The van der Waals surface area contributed by atoms with Crippen molar-refractivity contribution in [2.45, 2.75) is 0 Å². The van der Waals surface area contributed by atoms with Crippen LogP contribution in [0.3, 0.4) is 0 Å². The Morgan fingerprint density at radius 2 is 1.94 bits per heavy atom. The maximum atomic E-state index is 11.7. The smallest absolute Gasteiger partial charge is 0.271 e. The Morgan fingerprint density at radius 1 is 1.25 bits per heavy atom. The van der Waals surface area contributed by atoms with E-state index in [0.717, 1.165) is 10.9 Å². The summed E-state index contributed by atoms with van der Waals surface area (Å²) in [5, 5.41) is 1.59. The van der Waals surface area contributed by atoms with Gasteiger partial charge in [-0.2, -0.15) is 0 Å². The van der Waals surface area contributed by atoms with Gasteiger partial charge in [0.1, 0.15) is 5.69 Å². The molecule has 4 heteroatoms. The third-order valence-electron chi connectivity index (χ3n) is 2.28. The molecule has 2 aromatic rings. The van der Waals surface area contributed by atoms with E-state index in [1.165, 1.54) is 4.90 Å². The van der Waals surface area contributed by atoms with Gasteiger partial charge in [0.05, 0.1) is 5.52 Å². The molecule has 1 amide bonds. The standard InChI is InChI=1S/C12H11ClN2O/c1-15(2)12(16)10-6-4-8-3-5-9(13)7-11(8)14-10/h3-7H,1-2H3. The second-order valence-electron chi connectivity index (χ2n) is 3.73. The molecule has 0 radical (unpaired) electrons. The van der Waals surface area contributed by atoms with Crippen LogP contribution in [0.5, 0.6) is 0 Å². The second kappa shape index (κ2) is 4.10. The van der Waals surface area contributed by atoms with E-state index < -0.39 is 0 Å². The molecule has 2 rings (SSSR count). The molecule has 16 heavy (non-hydrogen) atoms. The fourth-order valence-corrected chi connectivity index (χ4v) is 1.60. The third-order valence-corrected chi connectivity index (χ3v) is 2.51. The summed E-state index contributed by atoms with van der Waals surface area (Å²) < 4.78 is 0. The summed E-state index contributed by atoms with van der Waals surface area (Å²) in [6, 6.07) is 9.03. The van der Waals surface area contributed by atoms with Crippen LogP contribution >= 0.6 is 11.6 Å². The van der Waals surface area contributed by atoms with Crippen LogP contribution in [-0.2, 0) is 0 Å².